The molecule has 0 N–H and O–H groups in total. The fraction of sp³-hybridized carbons (Fsp3) is 0.526. The normalized spacial score (nSPS) is 16.2. The maximum atomic E-state index is 5.84. The Morgan fingerprint density at radius 1 is 1.10 bits per heavy atom. The molecule has 1 aliphatic carbocycles. The van der Waals surface area contributed by atoms with Gasteiger partial charge in [-0.3, -0.25) is 0 Å². The van der Waals surface area contributed by atoms with Gasteiger partial charge in [0.05, 0.1) is 6.20 Å². The van der Waals surface area contributed by atoms with E-state index in [1.807, 2.05) is 30.5 Å². The summed E-state index contributed by atoms with van der Waals surface area (Å²) < 4.78 is 5.84. The van der Waals surface area contributed by atoms with Crippen molar-refractivity contribution in [2.45, 2.75) is 57.8 Å². The van der Waals surface area contributed by atoms with E-state index in [0.717, 1.165) is 29.6 Å². The van der Waals surface area contributed by atoms with Gasteiger partial charge < -0.3 is 4.42 Å². The highest BCUT2D eigenvalue weighted by atomic mass is 16.4. The van der Waals surface area contributed by atoms with E-state index in [9.17, 15) is 0 Å². The number of aromatic nitrogens is 1. The van der Waals surface area contributed by atoms with Crippen LogP contribution in [0.25, 0.3) is 11.3 Å². The smallest absolute Gasteiger partial charge is 0.194 e. The molecule has 0 atom stereocenters. The van der Waals surface area contributed by atoms with E-state index in [2.05, 4.69) is 11.1 Å². The van der Waals surface area contributed by atoms with Gasteiger partial charge in [0.2, 0.25) is 0 Å². The summed E-state index contributed by atoms with van der Waals surface area (Å²) in [5, 5.41) is 0. The molecule has 1 radical (unpaired) electrons. The van der Waals surface area contributed by atoms with Gasteiger partial charge in [-0.25, -0.2) is 4.98 Å². The van der Waals surface area contributed by atoms with Crippen molar-refractivity contribution in [1.82, 2.24) is 4.98 Å². The molecule has 1 aromatic heterocycles. The molecule has 2 heteroatoms. The zero-order valence-corrected chi connectivity index (χ0v) is 12.7. The molecule has 2 aromatic rings. The Labute approximate surface area is 127 Å². The second kappa shape index (κ2) is 7.44. The second-order valence-corrected chi connectivity index (χ2v) is 6.16. The predicted molar refractivity (Wildman–Crippen MR) is 84.9 cm³/mol. The van der Waals surface area contributed by atoms with Crippen molar-refractivity contribution in [3.05, 3.63) is 42.4 Å². The lowest BCUT2D eigenvalue weighted by Crippen LogP contribution is -2.05. The Morgan fingerprint density at radius 3 is 2.71 bits per heavy atom. The summed E-state index contributed by atoms with van der Waals surface area (Å²) in [6, 6.07) is 10.8. The first-order valence-electron chi connectivity index (χ1n) is 8.33. The van der Waals surface area contributed by atoms with Gasteiger partial charge in [-0.15, -0.1) is 0 Å². The Hall–Kier alpha value is -1.57. The molecular weight excluding hydrogens is 258 g/mol. The monoisotopic (exact) mass is 282 g/mol. The van der Waals surface area contributed by atoms with Crippen molar-refractivity contribution in [2.75, 3.05) is 0 Å². The standard InChI is InChI=1S/C19H24NO/c1-3-9-16(10-4-1)11-7-8-14-19-20-15-18(21-19)17-12-5-2-6-13-17/h5-6,12-13,15-16H,1,3-4,7-11,14H2. The summed E-state index contributed by atoms with van der Waals surface area (Å²) in [6.45, 7) is 0. The van der Waals surface area contributed by atoms with Crippen molar-refractivity contribution in [1.29, 1.82) is 0 Å². The summed E-state index contributed by atoms with van der Waals surface area (Å²) in [5.41, 5.74) is 1.08. The molecule has 1 aliphatic rings. The molecule has 0 unspecified atom stereocenters. The lowest BCUT2D eigenvalue weighted by Gasteiger charge is -2.21. The van der Waals surface area contributed by atoms with Crippen LogP contribution in [0.4, 0.5) is 0 Å². The van der Waals surface area contributed by atoms with Crippen molar-refractivity contribution >= 4 is 0 Å². The maximum absolute atomic E-state index is 5.84. The van der Waals surface area contributed by atoms with Crippen molar-refractivity contribution in [3.8, 4) is 11.3 Å². The van der Waals surface area contributed by atoms with Gasteiger partial charge in [0.25, 0.3) is 0 Å². The van der Waals surface area contributed by atoms with Crippen LogP contribution in [0.1, 0.15) is 57.3 Å². The number of benzene rings is 1. The van der Waals surface area contributed by atoms with E-state index in [1.165, 1.54) is 51.4 Å². The molecule has 0 saturated heterocycles. The average Bonchev–Trinajstić information content (AvgIpc) is 3.02. The number of unbranched alkanes of at least 4 members (excludes halogenated alkanes) is 1. The Balaban J connectivity index is 1.42. The van der Waals surface area contributed by atoms with Gasteiger partial charge in [-0.2, -0.15) is 0 Å². The largest absolute Gasteiger partial charge is 0.441 e. The number of oxazole rings is 1. The van der Waals surface area contributed by atoms with Gasteiger partial charge in [0.15, 0.2) is 11.7 Å². The number of hydrogen-bond acceptors (Lipinski definition) is 2. The molecule has 3 rings (SSSR count). The van der Waals surface area contributed by atoms with E-state index in [-0.39, 0.29) is 0 Å². The molecule has 1 saturated carbocycles. The number of nitrogens with zero attached hydrogens (tertiary/aromatic N) is 1. The van der Waals surface area contributed by atoms with Crippen molar-refractivity contribution in [2.24, 2.45) is 5.92 Å². The first-order valence-corrected chi connectivity index (χ1v) is 8.33. The van der Waals surface area contributed by atoms with Gasteiger partial charge in [0.1, 0.15) is 0 Å². The first kappa shape index (κ1) is 14.4. The number of hydrogen-bond donors (Lipinski definition) is 0. The Morgan fingerprint density at radius 2 is 1.90 bits per heavy atom. The van der Waals surface area contributed by atoms with E-state index in [1.54, 1.807) is 0 Å². The zero-order chi connectivity index (χ0) is 14.3. The molecule has 21 heavy (non-hydrogen) atoms. The summed E-state index contributed by atoms with van der Waals surface area (Å²) in [7, 11) is 0. The Bertz CT molecular complexity index is 526. The topological polar surface area (TPSA) is 26.0 Å². The van der Waals surface area contributed by atoms with Crippen LogP contribution in [0.15, 0.2) is 34.9 Å². The lowest BCUT2D eigenvalue weighted by molar-refractivity contribution is 0.328. The first-order chi connectivity index (χ1) is 10.4. The SMILES string of the molecule is [c]1ccc(-c2cnc(CCCCC3CCCCC3)o2)cc1. The van der Waals surface area contributed by atoms with Crippen LogP contribution in [-0.2, 0) is 6.42 Å². The van der Waals surface area contributed by atoms with Crippen LogP contribution in [-0.4, -0.2) is 4.98 Å². The summed E-state index contributed by atoms with van der Waals surface area (Å²) in [6.07, 6.45) is 13.9. The average molecular weight is 282 g/mol. The van der Waals surface area contributed by atoms with E-state index >= 15 is 0 Å². The molecule has 2 nitrogen and oxygen atoms in total. The Kier molecular flexibility index (Phi) is 5.09. The van der Waals surface area contributed by atoms with Gasteiger partial charge in [0, 0.05) is 12.0 Å². The number of aryl methyl sites for hydroxylation is 1. The summed E-state index contributed by atoms with van der Waals surface area (Å²) >= 11 is 0. The zero-order valence-electron chi connectivity index (χ0n) is 12.7. The quantitative estimate of drug-likeness (QED) is 0.660. The second-order valence-electron chi connectivity index (χ2n) is 6.16. The van der Waals surface area contributed by atoms with E-state index in [4.69, 9.17) is 4.42 Å². The molecule has 0 aliphatic heterocycles. The van der Waals surface area contributed by atoms with Crippen molar-refractivity contribution in [3.63, 3.8) is 0 Å². The molecule has 0 spiro atoms. The minimum Gasteiger partial charge on any atom is -0.441 e. The highest BCUT2D eigenvalue weighted by Gasteiger charge is 2.13. The van der Waals surface area contributed by atoms with Gasteiger partial charge >= 0.3 is 0 Å². The minimum atomic E-state index is 0.867. The van der Waals surface area contributed by atoms with Crippen LogP contribution >= 0.6 is 0 Å². The van der Waals surface area contributed by atoms with Crippen LogP contribution in [0.2, 0.25) is 0 Å². The van der Waals surface area contributed by atoms with Crippen molar-refractivity contribution < 1.29 is 4.42 Å². The molecule has 1 aromatic carbocycles. The van der Waals surface area contributed by atoms with E-state index in [0.29, 0.717) is 0 Å². The third kappa shape index (κ3) is 4.20. The predicted octanol–water partition coefficient (Wildman–Crippen LogP) is 5.43. The fourth-order valence-corrected chi connectivity index (χ4v) is 3.30. The number of rotatable bonds is 6. The molecule has 1 heterocycles. The van der Waals surface area contributed by atoms with Crippen LogP contribution < -0.4 is 0 Å². The van der Waals surface area contributed by atoms with Crippen LogP contribution in [0.5, 0.6) is 0 Å². The highest BCUT2D eigenvalue weighted by Crippen LogP contribution is 2.28. The van der Waals surface area contributed by atoms with Gasteiger partial charge in [-0.05, 0) is 18.4 Å². The molecular formula is C19H24NO. The van der Waals surface area contributed by atoms with E-state index < -0.39 is 0 Å². The highest BCUT2D eigenvalue weighted by molar-refractivity contribution is 5.55. The van der Waals surface area contributed by atoms with Crippen LogP contribution in [0, 0.1) is 12.0 Å². The minimum absolute atomic E-state index is 0.867. The fourth-order valence-electron chi connectivity index (χ4n) is 3.30. The van der Waals surface area contributed by atoms with Gasteiger partial charge in [-0.1, -0.05) is 69.2 Å². The lowest BCUT2D eigenvalue weighted by atomic mass is 9.86. The summed E-state index contributed by atoms with van der Waals surface area (Å²) in [5.74, 6) is 2.73. The summed E-state index contributed by atoms with van der Waals surface area (Å²) in [4.78, 5) is 4.40. The third-order valence-corrected chi connectivity index (χ3v) is 4.53. The third-order valence-electron chi connectivity index (χ3n) is 4.53. The molecule has 0 bridgehead atoms. The van der Waals surface area contributed by atoms with Crippen LogP contribution in [0.3, 0.4) is 0 Å². The molecule has 111 valence electrons. The molecule has 1 fully saturated rings. The molecule has 0 amide bonds. The maximum Gasteiger partial charge on any atom is 0.194 e.